The van der Waals surface area contributed by atoms with Crippen LogP contribution in [-0.2, 0) is 14.3 Å². The van der Waals surface area contributed by atoms with Crippen molar-refractivity contribution in [3.05, 3.63) is 0 Å². The first-order valence-corrected chi connectivity index (χ1v) is 7.93. The average molecular weight is 268 g/mol. The van der Waals surface area contributed by atoms with Gasteiger partial charge in [0.05, 0.1) is 12.3 Å². The van der Waals surface area contributed by atoms with Gasteiger partial charge in [0.25, 0.3) is 0 Å². The highest BCUT2D eigenvalue weighted by atomic mass is 16.6. The second-order valence-electron chi connectivity index (χ2n) is 5.68. The average Bonchev–Trinajstić information content (AvgIpc) is 2.72. The largest absolute Gasteiger partial charge is 0.393 e. The van der Waals surface area contributed by atoms with Gasteiger partial charge in [-0.25, -0.2) is 0 Å². The number of unbranched alkanes of at least 4 members (excludes halogenated alkanes) is 6. The van der Waals surface area contributed by atoms with Crippen LogP contribution < -0.4 is 0 Å². The predicted octanol–water partition coefficient (Wildman–Crippen LogP) is 4.24. The summed E-state index contributed by atoms with van der Waals surface area (Å²) in [6.07, 6.45) is 11.3. The van der Waals surface area contributed by atoms with E-state index in [1.165, 1.54) is 44.9 Å². The summed E-state index contributed by atoms with van der Waals surface area (Å²) < 4.78 is 4.65. The Morgan fingerprint density at radius 1 is 1.05 bits per heavy atom. The summed E-state index contributed by atoms with van der Waals surface area (Å²) in [6, 6.07) is 0. The lowest BCUT2D eigenvalue weighted by Gasteiger charge is -2.18. The second-order valence-corrected chi connectivity index (χ2v) is 5.68. The van der Waals surface area contributed by atoms with E-state index in [0.717, 1.165) is 12.8 Å². The number of carbonyl (C=O) groups is 2. The lowest BCUT2D eigenvalue weighted by atomic mass is 9.84. The number of hydrogen-bond acceptors (Lipinski definition) is 3. The smallest absolute Gasteiger partial charge is 0.317 e. The Morgan fingerprint density at radius 2 is 1.68 bits per heavy atom. The lowest BCUT2D eigenvalue weighted by molar-refractivity contribution is -0.153. The molecule has 0 N–H and O–H groups in total. The highest BCUT2D eigenvalue weighted by Crippen LogP contribution is 2.30. The van der Waals surface area contributed by atoms with Gasteiger partial charge in [-0.2, -0.15) is 0 Å². The topological polar surface area (TPSA) is 43.4 Å². The summed E-state index contributed by atoms with van der Waals surface area (Å²) in [5.41, 5.74) is 0. The molecule has 1 saturated heterocycles. The molecule has 0 amide bonds. The van der Waals surface area contributed by atoms with E-state index in [-0.39, 0.29) is 17.9 Å². The molecule has 0 bridgehead atoms. The Kier molecular flexibility index (Phi) is 7.76. The van der Waals surface area contributed by atoms with Crippen molar-refractivity contribution in [3.63, 3.8) is 0 Å². The van der Waals surface area contributed by atoms with Crippen LogP contribution in [0, 0.1) is 11.8 Å². The maximum Gasteiger partial charge on any atom is 0.317 e. The van der Waals surface area contributed by atoms with Crippen LogP contribution in [-0.4, -0.2) is 11.9 Å². The van der Waals surface area contributed by atoms with E-state index >= 15 is 0 Å². The molecule has 110 valence electrons. The van der Waals surface area contributed by atoms with Crippen molar-refractivity contribution in [1.29, 1.82) is 0 Å². The van der Waals surface area contributed by atoms with Gasteiger partial charge in [-0.15, -0.1) is 0 Å². The van der Waals surface area contributed by atoms with E-state index in [9.17, 15) is 9.59 Å². The van der Waals surface area contributed by atoms with Crippen LogP contribution in [0.2, 0.25) is 0 Å². The van der Waals surface area contributed by atoms with Crippen molar-refractivity contribution < 1.29 is 14.3 Å². The molecule has 1 rings (SSSR count). The third-order valence-corrected chi connectivity index (χ3v) is 4.18. The number of rotatable bonds is 10. The highest BCUT2D eigenvalue weighted by Gasteiger charge is 2.37. The molecule has 0 radical (unpaired) electrons. The summed E-state index contributed by atoms with van der Waals surface area (Å²) in [5, 5.41) is 0. The van der Waals surface area contributed by atoms with Gasteiger partial charge in [-0.05, 0) is 12.3 Å². The van der Waals surface area contributed by atoms with Gasteiger partial charge in [-0.3, -0.25) is 9.59 Å². The van der Waals surface area contributed by atoms with Crippen LogP contribution in [0.4, 0.5) is 0 Å². The molecular formula is C16H28O3. The molecule has 1 heterocycles. The molecule has 2 unspecified atom stereocenters. The Morgan fingerprint density at radius 3 is 2.21 bits per heavy atom. The van der Waals surface area contributed by atoms with Gasteiger partial charge in [0, 0.05) is 0 Å². The fourth-order valence-electron chi connectivity index (χ4n) is 2.91. The van der Waals surface area contributed by atoms with Crippen LogP contribution in [0.3, 0.4) is 0 Å². The van der Waals surface area contributed by atoms with Gasteiger partial charge in [0.2, 0.25) is 0 Å². The normalized spacial score (nSPS) is 20.6. The molecule has 0 aromatic carbocycles. The van der Waals surface area contributed by atoms with Crippen molar-refractivity contribution >= 4 is 11.9 Å². The SMILES string of the molecule is CCCCCCCCCC(CC)C1CC(=O)OC1=O. The highest BCUT2D eigenvalue weighted by molar-refractivity contribution is 5.94. The quantitative estimate of drug-likeness (QED) is 0.338. The summed E-state index contributed by atoms with van der Waals surface area (Å²) in [6.45, 7) is 4.33. The Hall–Kier alpha value is -0.860. The first kappa shape index (κ1) is 16.2. The zero-order valence-electron chi connectivity index (χ0n) is 12.5. The van der Waals surface area contributed by atoms with Crippen LogP contribution in [0.5, 0.6) is 0 Å². The second kappa shape index (κ2) is 9.11. The first-order valence-electron chi connectivity index (χ1n) is 7.93. The molecule has 1 aliphatic heterocycles. The molecule has 0 aromatic heterocycles. The fourth-order valence-corrected chi connectivity index (χ4v) is 2.91. The van der Waals surface area contributed by atoms with Gasteiger partial charge in [0.1, 0.15) is 0 Å². The molecule has 19 heavy (non-hydrogen) atoms. The lowest BCUT2D eigenvalue weighted by Crippen LogP contribution is -2.19. The number of ether oxygens (including phenoxy) is 1. The minimum atomic E-state index is -0.340. The Labute approximate surface area is 117 Å². The van der Waals surface area contributed by atoms with Crippen molar-refractivity contribution in [1.82, 2.24) is 0 Å². The van der Waals surface area contributed by atoms with Crippen molar-refractivity contribution in [2.24, 2.45) is 11.8 Å². The third-order valence-electron chi connectivity index (χ3n) is 4.18. The van der Waals surface area contributed by atoms with Crippen molar-refractivity contribution in [2.75, 3.05) is 0 Å². The summed E-state index contributed by atoms with van der Waals surface area (Å²) in [4.78, 5) is 22.7. The van der Waals surface area contributed by atoms with Crippen molar-refractivity contribution in [2.45, 2.75) is 78.1 Å². The molecule has 0 aliphatic carbocycles. The van der Waals surface area contributed by atoms with E-state index < -0.39 is 0 Å². The van der Waals surface area contributed by atoms with Crippen molar-refractivity contribution in [3.8, 4) is 0 Å². The zero-order valence-corrected chi connectivity index (χ0v) is 12.5. The fraction of sp³-hybridized carbons (Fsp3) is 0.875. The Bertz CT molecular complexity index is 286. The van der Waals surface area contributed by atoms with Crippen LogP contribution in [0.1, 0.15) is 78.1 Å². The first-order chi connectivity index (χ1) is 9.19. The van der Waals surface area contributed by atoms with Gasteiger partial charge < -0.3 is 4.74 Å². The minimum Gasteiger partial charge on any atom is -0.393 e. The van der Waals surface area contributed by atoms with E-state index in [4.69, 9.17) is 0 Å². The molecule has 3 heteroatoms. The number of hydrogen-bond donors (Lipinski definition) is 0. The van der Waals surface area contributed by atoms with E-state index in [1.807, 2.05) is 0 Å². The number of carbonyl (C=O) groups excluding carboxylic acids is 2. The maximum absolute atomic E-state index is 11.5. The molecular weight excluding hydrogens is 240 g/mol. The van der Waals surface area contributed by atoms with Crippen LogP contribution in [0.25, 0.3) is 0 Å². The predicted molar refractivity (Wildman–Crippen MR) is 75.6 cm³/mol. The molecule has 0 aromatic rings. The summed E-state index contributed by atoms with van der Waals surface area (Å²) in [5.74, 6) is -0.472. The zero-order chi connectivity index (χ0) is 14.1. The summed E-state index contributed by atoms with van der Waals surface area (Å²) >= 11 is 0. The van der Waals surface area contributed by atoms with E-state index in [1.54, 1.807) is 0 Å². The van der Waals surface area contributed by atoms with Crippen LogP contribution >= 0.6 is 0 Å². The van der Waals surface area contributed by atoms with Crippen LogP contribution in [0.15, 0.2) is 0 Å². The summed E-state index contributed by atoms with van der Waals surface area (Å²) in [7, 11) is 0. The number of esters is 2. The minimum absolute atomic E-state index is 0.169. The molecule has 1 aliphatic rings. The number of cyclic esters (lactones) is 2. The van der Waals surface area contributed by atoms with E-state index in [0.29, 0.717) is 12.3 Å². The molecule has 2 atom stereocenters. The monoisotopic (exact) mass is 268 g/mol. The molecule has 0 spiro atoms. The van der Waals surface area contributed by atoms with Gasteiger partial charge in [0.15, 0.2) is 0 Å². The van der Waals surface area contributed by atoms with E-state index in [2.05, 4.69) is 18.6 Å². The molecule has 3 nitrogen and oxygen atoms in total. The van der Waals surface area contributed by atoms with Gasteiger partial charge in [-0.1, -0.05) is 65.2 Å². The van der Waals surface area contributed by atoms with Gasteiger partial charge >= 0.3 is 11.9 Å². The third kappa shape index (κ3) is 5.75. The maximum atomic E-state index is 11.5. The molecule has 0 saturated carbocycles. The Balaban J connectivity index is 2.15. The molecule has 1 fully saturated rings. The standard InChI is InChI=1S/C16H28O3/c1-3-5-6-7-8-9-10-11-13(4-2)14-12-15(17)19-16(14)18/h13-14H,3-12H2,1-2H3.